The van der Waals surface area contributed by atoms with E-state index in [1.165, 1.54) is 16.7 Å². The minimum absolute atomic E-state index is 0.00521. The number of carbonyl (C=O) groups is 2. The molecule has 3 heterocycles. The molecule has 0 fully saturated rings. The van der Waals surface area contributed by atoms with E-state index in [-0.39, 0.29) is 24.1 Å². The summed E-state index contributed by atoms with van der Waals surface area (Å²) in [6, 6.07) is 5.77. The fraction of sp³-hybridized carbons (Fsp3) is 0.300. The number of aromatic carboxylic acids is 1. The number of halogens is 6. The number of benzene rings is 1. The molecule has 3 aromatic heterocycles. The molecule has 208 valence electrons. The van der Waals surface area contributed by atoms with Crippen LogP contribution in [0.2, 0.25) is 0 Å². The van der Waals surface area contributed by atoms with E-state index in [1.807, 2.05) is 32.0 Å². The summed E-state index contributed by atoms with van der Waals surface area (Å²) in [5.41, 5.74) is 3.44. The van der Waals surface area contributed by atoms with Crippen LogP contribution in [0, 0.1) is 0 Å². The summed E-state index contributed by atoms with van der Waals surface area (Å²) in [5.74, 6) is -1.04. The summed E-state index contributed by atoms with van der Waals surface area (Å²) in [6.45, 7) is 4.69. The second-order valence-corrected chi connectivity index (χ2v) is 11.3. The number of nitrogens with one attached hydrogen (secondary N) is 2. The third-order valence-corrected chi connectivity index (χ3v) is 5.65. The average molecular weight is 585 g/mol. The first-order valence-electron chi connectivity index (χ1n) is 10.7. The normalized spacial score (nSPS) is 13.5. The SMILES string of the molecule is CC(C)N(Cc1c[n+](Cc2nc(C(=O)O)cs2)[nH]n1)C(=O)Cc1ccc2nc[nH]c2c1.F[P-](F)(F)(F)(F)F. The number of carboxylic acid groups (broad SMARTS) is 1. The molecular formula is C20H22F6N7O3PS. The molecule has 18 heteroatoms. The van der Waals surface area contributed by atoms with E-state index in [1.54, 1.807) is 22.1 Å². The van der Waals surface area contributed by atoms with Crippen LogP contribution in [0.1, 0.15) is 40.6 Å². The summed E-state index contributed by atoms with van der Waals surface area (Å²) in [4.78, 5) is 37.1. The molecule has 0 aliphatic heterocycles. The van der Waals surface area contributed by atoms with Crippen LogP contribution in [0.4, 0.5) is 25.2 Å². The van der Waals surface area contributed by atoms with Gasteiger partial charge in [0.1, 0.15) is 5.01 Å². The maximum absolute atomic E-state index is 13.0. The van der Waals surface area contributed by atoms with Gasteiger partial charge >= 0.3 is 39.0 Å². The molecule has 0 atom stereocenters. The molecule has 0 radical (unpaired) electrons. The zero-order valence-electron chi connectivity index (χ0n) is 19.8. The second-order valence-electron chi connectivity index (χ2n) is 8.40. The predicted molar refractivity (Wildman–Crippen MR) is 126 cm³/mol. The Morgan fingerprint density at radius 2 is 1.87 bits per heavy atom. The molecule has 0 aliphatic carbocycles. The topological polar surface area (TPSA) is 132 Å². The molecule has 0 saturated carbocycles. The molecule has 4 rings (SSSR count). The van der Waals surface area contributed by atoms with Gasteiger partial charge < -0.3 is 15.0 Å². The molecule has 38 heavy (non-hydrogen) atoms. The summed E-state index contributed by atoms with van der Waals surface area (Å²) >= 11 is 1.28. The van der Waals surface area contributed by atoms with Crippen LogP contribution in [-0.2, 0) is 24.3 Å². The number of nitrogens with zero attached hydrogens (tertiary/aromatic N) is 5. The third kappa shape index (κ3) is 9.70. The van der Waals surface area contributed by atoms with Gasteiger partial charge in [-0.2, -0.15) is 4.68 Å². The van der Waals surface area contributed by atoms with Crippen LogP contribution in [0.5, 0.6) is 0 Å². The first kappa shape index (κ1) is 29.0. The number of carboxylic acids is 1. The van der Waals surface area contributed by atoms with Gasteiger partial charge in [0.2, 0.25) is 11.6 Å². The fourth-order valence-corrected chi connectivity index (χ4v) is 4.02. The molecule has 1 amide bonds. The average Bonchev–Trinajstić information content (AvgIpc) is 3.50. The van der Waals surface area contributed by atoms with Crippen LogP contribution in [-0.4, -0.2) is 53.2 Å². The van der Waals surface area contributed by atoms with Crippen molar-refractivity contribution in [2.75, 3.05) is 0 Å². The van der Waals surface area contributed by atoms with E-state index >= 15 is 0 Å². The van der Waals surface area contributed by atoms with Gasteiger partial charge in [0.25, 0.3) is 0 Å². The van der Waals surface area contributed by atoms with E-state index < -0.39 is 13.8 Å². The van der Waals surface area contributed by atoms with E-state index in [4.69, 9.17) is 5.11 Å². The zero-order valence-corrected chi connectivity index (χ0v) is 21.5. The van der Waals surface area contributed by atoms with Crippen molar-refractivity contribution in [3.8, 4) is 0 Å². The Morgan fingerprint density at radius 1 is 1.18 bits per heavy atom. The third-order valence-electron chi connectivity index (χ3n) is 4.82. The van der Waals surface area contributed by atoms with E-state index in [9.17, 15) is 34.8 Å². The van der Waals surface area contributed by atoms with Crippen molar-refractivity contribution in [1.82, 2.24) is 30.2 Å². The van der Waals surface area contributed by atoms with Crippen molar-refractivity contribution < 1.29 is 44.6 Å². The van der Waals surface area contributed by atoms with Gasteiger partial charge in [0, 0.05) is 16.5 Å². The number of carbonyl (C=O) groups excluding carboxylic acids is 1. The summed E-state index contributed by atoms with van der Waals surface area (Å²) in [5, 5.41) is 18.3. The number of aromatic nitrogens is 6. The van der Waals surface area contributed by atoms with Crippen molar-refractivity contribution >= 4 is 42.1 Å². The number of hydrogen-bond acceptors (Lipinski definition) is 6. The number of H-pyrrole nitrogens is 2. The predicted octanol–water partition coefficient (Wildman–Crippen LogP) is 5.14. The first-order chi connectivity index (χ1) is 17.3. The summed E-state index contributed by atoms with van der Waals surface area (Å²) in [6.07, 6.45) is 3.73. The number of thiazole rings is 1. The Morgan fingerprint density at radius 3 is 2.47 bits per heavy atom. The Labute approximate surface area is 214 Å². The quantitative estimate of drug-likeness (QED) is 0.149. The molecular weight excluding hydrogens is 563 g/mol. The van der Waals surface area contributed by atoms with Gasteiger partial charge in [-0.3, -0.25) is 4.79 Å². The van der Waals surface area contributed by atoms with Crippen LogP contribution in [0.15, 0.2) is 36.1 Å². The Kier molecular flexibility index (Phi) is 7.58. The molecule has 0 saturated heterocycles. The number of rotatable bonds is 8. The van der Waals surface area contributed by atoms with E-state index in [0.29, 0.717) is 23.8 Å². The minimum atomic E-state index is -10.7. The zero-order chi connectivity index (χ0) is 28.4. The van der Waals surface area contributed by atoms with Gasteiger partial charge in [0.05, 0.1) is 30.3 Å². The van der Waals surface area contributed by atoms with Gasteiger partial charge in [0.15, 0.2) is 18.4 Å². The van der Waals surface area contributed by atoms with Crippen molar-refractivity contribution in [3.63, 3.8) is 0 Å². The first-order valence-corrected chi connectivity index (χ1v) is 13.6. The summed E-state index contributed by atoms with van der Waals surface area (Å²) in [7, 11) is -10.7. The van der Waals surface area contributed by atoms with Gasteiger partial charge in [-0.15, -0.1) is 11.3 Å². The maximum atomic E-state index is 13.0. The van der Waals surface area contributed by atoms with Crippen molar-refractivity contribution in [2.45, 2.75) is 39.4 Å². The molecule has 0 aliphatic rings. The van der Waals surface area contributed by atoms with Crippen LogP contribution in [0.3, 0.4) is 0 Å². The Balaban J connectivity index is 0.000000505. The standard InChI is InChI=1S/C20H21N7O3S.F6P/c1-12(2)27(19(28)6-13-3-4-15-16(5-13)22-11-21-15)8-14-7-26(25-24-14)9-18-23-17(10-31-18)20(29)30;1-7(2,3,4,5)6/h3-5,7,10-12H,6,8-9H2,1-2H3,(H2,21,22,29,30);/q;-1/p+1. The Bertz CT molecular complexity index is 1440. The molecule has 1 aromatic carbocycles. The van der Waals surface area contributed by atoms with E-state index in [0.717, 1.165) is 16.6 Å². The monoisotopic (exact) mass is 585 g/mol. The fourth-order valence-electron chi connectivity index (χ4n) is 3.25. The van der Waals surface area contributed by atoms with Crippen LogP contribution >= 0.6 is 19.1 Å². The number of amides is 1. The molecule has 10 nitrogen and oxygen atoms in total. The van der Waals surface area contributed by atoms with Crippen molar-refractivity contribution in [2.24, 2.45) is 0 Å². The van der Waals surface area contributed by atoms with Crippen molar-refractivity contribution in [1.29, 1.82) is 0 Å². The van der Waals surface area contributed by atoms with Gasteiger partial charge in [-0.25, -0.2) is 14.8 Å². The van der Waals surface area contributed by atoms with Crippen LogP contribution < -0.4 is 4.68 Å². The number of aromatic amines is 2. The molecule has 3 N–H and O–H groups in total. The Hall–Kier alpha value is -3.59. The van der Waals surface area contributed by atoms with Gasteiger partial charge in [-0.1, -0.05) is 11.3 Å². The number of hydrogen-bond donors (Lipinski definition) is 3. The molecule has 0 spiro atoms. The van der Waals surface area contributed by atoms with Gasteiger partial charge in [-0.05, 0) is 31.5 Å². The number of imidazole rings is 1. The second kappa shape index (κ2) is 9.94. The molecule has 4 aromatic rings. The van der Waals surface area contributed by atoms with Crippen molar-refractivity contribution in [3.05, 3.63) is 58.1 Å². The van der Waals surface area contributed by atoms with E-state index in [2.05, 4.69) is 25.3 Å². The summed E-state index contributed by atoms with van der Waals surface area (Å²) < 4.78 is 60.9. The van der Waals surface area contributed by atoms with Crippen LogP contribution in [0.25, 0.3) is 11.0 Å². The molecule has 0 bridgehead atoms. The number of fused-ring (bicyclic) bond motifs is 1. The molecule has 0 unspecified atom stereocenters.